The smallest absolute Gasteiger partial charge is 0.269 e. The third kappa shape index (κ3) is 2.64. The van der Waals surface area contributed by atoms with E-state index in [9.17, 15) is 10.1 Å². The van der Waals surface area contributed by atoms with E-state index in [1.165, 1.54) is 12.1 Å². The van der Waals surface area contributed by atoms with E-state index in [0.29, 0.717) is 0 Å². The molecular formula is C11H13N2O3+. The van der Waals surface area contributed by atoms with Crippen LogP contribution in [0, 0.1) is 10.1 Å². The van der Waals surface area contributed by atoms with Gasteiger partial charge in [0.2, 0.25) is 0 Å². The summed E-state index contributed by atoms with van der Waals surface area (Å²) in [6, 6.07) is 6.56. The average Bonchev–Trinajstić information content (AvgIpc) is 2.31. The van der Waals surface area contributed by atoms with Crippen molar-refractivity contribution >= 4 is 11.9 Å². The maximum atomic E-state index is 10.5. The minimum Gasteiger partial charge on any atom is -0.368 e. The van der Waals surface area contributed by atoms with Gasteiger partial charge < -0.3 is 4.74 Å². The van der Waals surface area contributed by atoms with Crippen molar-refractivity contribution in [1.82, 2.24) is 0 Å². The Morgan fingerprint density at radius 3 is 2.44 bits per heavy atom. The van der Waals surface area contributed by atoms with Gasteiger partial charge in [-0.2, -0.15) is 0 Å². The first-order valence-corrected chi connectivity index (χ1v) is 5.17. The molecule has 0 aromatic heterocycles. The van der Waals surface area contributed by atoms with E-state index in [1.54, 1.807) is 12.1 Å². The molecule has 0 bridgehead atoms. The molecule has 0 spiro atoms. The second-order valence-corrected chi connectivity index (χ2v) is 3.63. The summed E-state index contributed by atoms with van der Waals surface area (Å²) in [5.41, 5.74) is 1.10. The SMILES string of the molecule is O=[N+]([O-])c1ccc(C=[N+]2CCOCC2)cc1. The van der Waals surface area contributed by atoms with Gasteiger partial charge in [-0.3, -0.25) is 10.1 Å². The summed E-state index contributed by atoms with van der Waals surface area (Å²) in [6.07, 6.45) is 2.01. The molecule has 0 saturated carbocycles. The Balaban J connectivity index is 2.12. The summed E-state index contributed by atoms with van der Waals surface area (Å²) < 4.78 is 7.39. The van der Waals surface area contributed by atoms with Crippen LogP contribution in [0.25, 0.3) is 0 Å². The number of nitro groups is 1. The molecule has 84 valence electrons. The highest BCUT2D eigenvalue weighted by molar-refractivity contribution is 5.76. The van der Waals surface area contributed by atoms with Crippen molar-refractivity contribution in [3.63, 3.8) is 0 Å². The Bertz CT molecular complexity index is 404. The van der Waals surface area contributed by atoms with Crippen LogP contribution in [0.1, 0.15) is 5.56 Å². The maximum absolute atomic E-state index is 10.5. The van der Waals surface area contributed by atoms with Gasteiger partial charge in [0.1, 0.15) is 13.2 Å². The van der Waals surface area contributed by atoms with Gasteiger partial charge in [0.25, 0.3) is 5.69 Å². The standard InChI is InChI=1S/C11H13N2O3/c14-13(15)11-3-1-10(2-4-11)9-12-5-7-16-8-6-12/h1-4,9H,5-8H2/q+1. The summed E-state index contributed by atoms with van der Waals surface area (Å²) in [5, 5.41) is 10.5. The first-order chi connectivity index (χ1) is 7.75. The lowest BCUT2D eigenvalue weighted by molar-refractivity contribution is -0.544. The van der Waals surface area contributed by atoms with Crippen molar-refractivity contribution in [2.24, 2.45) is 0 Å². The van der Waals surface area contributed by atoms with Crippen LogP contribution >= 0.6 is 0 Å². The lowest BCUT2D eigenvalue weighted by Gasteiger charge is -2.10. The molecule has 1 fully saturated rings. The monoisotopic (exact) mass is 221 g/mol. The van der Waals surface area contributed by atoms with E-state index in [4.69, 9.17) is 4.74 Å². The first kappa shape index (κ1) is 10.8. The molecule has 5 heteroatoms. The summed E-state index contributed by atoms with van der Waals surface area (Å²) in [5.74, 6) is 0. The molecule has 0 atom stereocenters. The second-order valence-electron chi connectivity index (χ2n) is 3.63. The summed E-state index contributed by atoms with van der Waals surface area (Å²) >= 11 is 0. The Kier molecular flexibility index (Phi) is 3.26. The van der Waals surface area contributed by atoms with E-state index in [1.807, 2.05) is 6.21 Å². The van der Waals surface area contributed by atoms with Crippen molar-refractivity contribution < 1.29 is 14.2 Å². The van der Waals surface area contributed by atoms with Gasteiger partial charge in [0, 0.05) is 17.7 Å². The third-order valence-corrected chi connectivity index (χ3v) is 2.48. The fraction of sp³-hybridized carbons (Fsp3) is 0.364. The maximum Gasteiger partial charge on any atom is 0.269 e. The lowest BCUT2D eigenvalue weighted by Crippen LogP contribution is -2.29. The number of ether oxygens (including phenoxy) is 1. The van der Waals surface area contributed by atoms with Gasteiger partial charge in [0.05, 0.1) is 4.92 Å². The van der Waals surface area contributed by atoms with E-state index in [0.717, 1.165) is 31.9 Å². The highest BCUT2D eigenvalue weighted by atomic mass is 16.6. The zero-order valence-corrected chi connectivity index (χ0v) is 8.83. The van der Waals surface area contributed by atoms with Gasteiger partial charge in [-0.05, 0) is 12.1 Å². The number of benzene rings is 1. The first-order valence-electron chi connectivity index (χ1n) is 5.17. The second kappa shape index (κ2) is 4.85. The van der Waals surface area contributed by atoms with Gasteiger partial charge in [-0.1, -0.05) is 0 Å². The van der Waals surface area contributed by atoms with E-state index in [2.05, 4.69) is 4.58 Å². The number of non-ortho nitro benzene ring substituents is 1. The zero-order chi connectivity index (χ0) is 11.4. The third-order valence-electron chi connectivity index (χ3n) is 2.48. The van der Waals surface area contributed by atoms with Gasteiger partial charge in [0.15, 0.2) is 19.3 Å². The van der Waals surface area contributed by atoms with E-state index >= 15 is 0 Å². The minimum absolute atomic E-state index is 0.124. The number of nitro benzene ring substituents is 1. The van der Waals surface area contributed by atoms with Crippen LogP contribution in [0.5, 0.6) is 0 Å². The van der Waals surface area contributed by atoms with Crippen molar-refractivity contribution in [3.05, 3.63) is 39.9 Å². The van der Waals surface area contributed by atoms with Gasteiger partial charge >= 0.3 is 0 Å². The quantitative estimate of drug-likeness (QED) is 0.426. The highest BCUT2D eigenvalue weighted by Gasteiger charge is 2.11. The van der Waals surface area contributed by atoms with Crippen molar-refractivity contribution in [2.45, 2.75) is 0 Å². The molecule has 1 aliphatic heterocycles. The minimum atomic E-state index is -0.390. The molecule has 5 nitrogen and oxygen atoms in total. The van der Waals surface area contributed by atoms with Crippen LogP contribution in [0.15, 0.2) is 24.3 Å². The molecular weight excluding hydrogens is 208 g/mol. The van der Waals surface area contributed by atoms with Crippen LogP contribution in [-0.2, 0) is 4.74 Å². The number of hydrogen-bond donors (Lipinski definition) is 0. The van der Waals surface area contributed by atoms with Crippen LogP contribution in [0.3, 0.4) is 0 Å². The van der Waals surface area contributed by atoms with Crippen molar-refractivity contribution in [1.29, 1.82) is 0 Å². The van der Waals surface area contributed by atoms with Crippen LogP contribution in [0.4, 0.5) is 5.69 Å². The van der Waals surface area contributed by atoms with Gasteiger partial charge in [-0.15, -0.1) is 0 Å². The molecule has 16 heavy (non-hydrogen) atoms. The number of rotatable bonds is 2. The van der Waals surface area contributed by atoms with Crippen LogP contribution in [-0.4, -0.2) is 42.0 Å². The summed E-state index contributed by atoms with van der Waals surface area (Å²) in [7, 11) is 0. The molecule has 1 heterocycles. The van der Waals surface area contributed by atoms with Crippen molar-refractivity contribution in [3.8, 4) is 0 Å². The Labute approximate surface area is 93.1 Å². The van der Waals surface area contributed by atoms with Gasteiger partial charge in [-0.25, -0.2) is 4.58 Å². The topological polar surface area (TPSA) is 55.4 Å². The van der Waals surface area contributed by atoms with Crippen molar-refractivity contribution in [2.75, 3.05) is 26.3 Å². The Hall–Kier alpha value is -1.75. The largest absolute Gasteiger partial charge is 0.368 e. The average molecular weight is 221 g/mol. The molecule has 0 N–H and O–H groups in total. The normalized spacial score (nSPS) is 15.9. The molecule has 2 rings (SSSR count). The molecule has 1 aliphatic rings. The van der Waals surface area contributed by atoms with E-state index in [-0.39, 0.29) is 5.69 Å². The Morgan fingerprint density at radius 1 is 1.25 bits per heavy atom. The number of nitrogens with zero attached hydrogens (tertiary/aromatic N) is 2. The predicted octanol–water partition coefficient (Wildman–Crippen LogP) is 1.06. The molecule has 0 unspecified atom stereocenters. The number of morpholine rings is 1. The van der Waals surface area contributed by atoms with Crippen LogP contribution in [0.2, 0.25) is 0 Å². The molecule has 0 amide bonds. The lowest BCUT2D eigenvalue weighted by atomic mass is 10.2. The molecule has 1 saturated heterocycles. The Morgan fingerprint density at radius 2 is 1.88 bits per heavy atom. The number of hydrogen-bond acceptors (Lipinski definition) is 3. The summed E-state index contributed by atoms with van der Waals surface area (Å²) in [6.45, 7) is 3.22. The molecule has 0 radical (unpaired) electrons. The fourth-order valence-corrected chi connectivity index (χ4v) is 1.60. The molecule has 1 aromatic rings. The molecule has 1 aromatic carbocycles. The van der Waals surface area contributed by atoms with E-state index < -0.39 is 4.92 Å². The predicted molar refractivity (Wildman–Crippen MR) is 59.1 cm³/mol. The summed E-state index contributed by atoms with van der Waals surface area (Å²) in [4.78, 5) is 10.1. The highest BCUT2D eigenvalue weighted by Crippen LogP contribution is 2.10. The molecule has 0 aliphatic carbocycles. The zero-order valence-electron chi connectivity index (χ0n) is 8.83. The van der Waals surface area contributed by atoms with Crippen LogP contribution < -0.4 is 0 Å². The fourth-order valence-electron chi connectivity index (χ4n) is 1.60.